The number of hydrogen-bond acceptors (Lipinski definition) is 10. The molecule has 270 valence electrons. The Morgan fingerprint density at radius 3 is 0.933 bits per heavy atom. The summed E-state index contributed by atoms with van der Waals surface area (Å²) in [5, 5.41) is 0. The van der Waals surface area contributed by atoms with E-state index in [1.165, 1.54) is 83.5 Å². The molecule has 10 heteroatoms. The van der Waals surface area contributed by atoms with Gasteiger partial charge in [-0.05, 0) is 6.42 Å². The van der Waals surface area contributed by atoms with E-state index >= 15 is 0 Å². The lowest BCUT2D eigenvalue weighted by atomic mass is 10.0. The van der Waals surface area contributed by atoms with Crippen LogP contribution >= 0.6 is 0 Å². The van der Waals surface area contributed by atoms with Crippen LogP contribution in [0.2, 0.25) is 0 Å². The number of esters is 1. The van der Waals surface area contributed by atoms with Gasteiger partial charge in [-0.15, -0.1) is 0 Å². The zero-order chi connectivity index (χ0) is 32.6. The van der Waals surface area contributed by atoms with Crippen molar-refractivity contribution in [2.75, 3.05) is 113 Å². The lowest BCUT2D eigenvalue weighted by molar-refractivity contribution is -0.145. The van der Waals surface area contributed by atoms with E-state index in [4.69, 9.17) is 42.6 Å². The maximum Gasteiger partial charge on any atom is 0.305 e. The summed E-state index contributed by atoms with van der Waals surface area (Å²) in [5.41, 5.74) is 0. The Morgan fingerprint density at radius 1 is 0.356 bits per heavy atom. The molecule has 0 rings (SSSR count). The topological polar surface area (TPSA) is 100 Å². The third-order valence-corrected chi connectivity index (χ3v) is 7.14. The molecule has 0 aliphatic heterocycles. The predicted molar refractivity (Wildman–Crippen MR) is 178 cm³/mol. The second-order valence-corrected chi connectivity index (χ2v) is 11.2. The first-order chi connectivity index (χ1) is 22.3. The fourth-order valence-electron chi connectivity index (χ4n) is 4.49. The maximum atomic E-state index is 11.9. The minimum atomic E-state index is -0.126. The van der Waals surface area contributed by atoms with Gasteiger partial charge in [-0.3, -0.25) is 4.79 Å². The summed E-state index contributed by atoms with van der Waals surface area (Å²) in [5.74, 6) is -0.126. The number of hydrogen-bond donors (Lipinski definition) is 0. The van der Waals surface area contributed by atoms with Crippen molar-refractivity contribution >= 4 is 5.97 Å². The van der Waals surface area contributed by atoms with Crippen LogP contribution in [0.1, 0.15) is 110 Å². The van der Waals surface area contributed by atoms with E-state index in [1.807, 2.05) is 0 Å². The van der Waals surface area contributed by atoms with Crippen molar-refractivity contribution in [2.24, 2.45) is 0 Å². The molecule has 0 N–H and O–H groups in total. The molecular formula is C35H70O10. The number of carbonyl (C=O) groups excluding carboxylic acids is 1. The van der Waals surface area contributed by atoms with Gasteiger partial charge in [0.05, 0.1) is 99.1 Å². The highest BCUT2D eigenvalue weighted by molar-refractivity contribution is 5.69. The molecule has 0 aliphatic carbocycles. The Bertz CT molecular complexity index is 553. The van der Waals surface area contributed by atoms with E-state index in [0.29, 0.717) is 112 Å². The third-order valence-electron chi connectivity index (χ3n) is 7.14. The minimum absolute atomic E-state index is 0.126. The molecule has 0 amide bonds. The van der Waals surface area contributed by atoms with Gasteiger partial charge in [0.2, 0.25) is 0 Å². The Labute approximate surface area is 275 Å². The summed E-state index contributed by atoms with van der Waals surface area (Å²) < 4.78 is 48.2. The highest BCUT2D eigenvalue weighted by Gasteiger charge is 2.03. The number of carbonyl (C=O) groups is 1. The summed E-state index contributed by atoms with van der Waals surface area (Å²) in [4.78, 5) is 11.9. The van der Waals surface area contributed by atoms with Crippen LogP contribution in [-0.4, -0.2) is 119 Å². The van der Waals surface area contributed by atoms with E-state index in [0.717, 1.165) is 12.8 Å². The van der Waals surface area contributed by atoms with Crippen molar-refractivity contribution in [1.29, 1.82) is 0 Å². The molecule has 0 aromatic heterocycles. The van der Waals surface area contributed by atoms with Crippen LogP contribution in [0.3, 0.4) is 0 Å². The van der Waals surface area contributed by atoms with Gasteiger partial charge in [0.1, 0.15) is 6.61 Å². The standard InChI is InChI=1S/C35H70O10/c1-3-4-5-6-7-8-9-10-11-12-13-14-15-16-17-18-35(36)45-34-33-44-32-31-43-30-29-42-28-27-41-26-25-40-24-23-39-22-21-38-20-19-37-2/h3-34H2,1-2H3. The quantitative estimate of drug-likeness (QED) is 0.0536. The first-order valence-electron chi connectivity index (χ1n) is 18.0. The molecule has 0 radical (unpaired) electrons. The molecule has 0 saturated carbocycles. The molecule has 45 heavy (non-hydrogen) atoms. The zero-order valence-electron chi connectivity index (χ0n) is 29.2. The van der Waals surface area contributed by atoms with Crippen LogP contribution in [0.4, 0.5) is 0 Å². The fourth-order valence-corrected chi connectivity index (χ4v) is 4.49. The SMILES string of the molecule is CCCCCCCCCCCCCCCCCC(=O)OCCOCCOCCOCCOCCOCCOCCOCCOC. The fraction of sp³-hybridized carbons (Fsp3) is 0.971. The molecule has 0 saturated heterocycles. The van der Waals surface area contributed by atoms with Gasteiger partial charge in [0, 0.05) is 13.5 Å². The van der Waals surface area contributed by atoms with Crippen molar-refractivity contribution in [2.45, 2.75) is 110 Å². The molecular weight excluding hydrogens is 580 g/mol. The number of rotatable bonds is 40. The van der Waals surface area contributed by atoms with E-state index < -0.39 is 0 Å². The van der Waals surface area contributed by atoms with Crippen LogP contribution in [-0.2, 0) is 47.4 Å². The summed E-state index contributed by atoms with van der Waals surface area (Å²) in [6, 6.07) is 0. The van der Waals surface area contributed by atoms with Crippen LogP contribution < -0.4 is 0 Å². The molecule has 0 atom stereocenters. The summed E-state index contributed by atoms with van der Waals surface area (Å²) in [7, 11) is 1.65. The van der Waals surface area contributed by atoms with Gasteiger partial charge in [-0.2, -0.15) is 0 Å². The van der Waals surface area contributed by atoms with E-state index in [1.54, 1.807) is 7.11 Å². The predicted octanol–water partition coefficient (Wildman–Crippen LogP) is 6.55. The maximum absolute atomic E-state index is 11.9. The van der Waals surface area contributed by atoms with Crippen LogP contribution in [0.25, 0.3) is 0 Å². The van der Waals surface area contributed by atoms with Crippen molar-refractivity contribution in [3.63, 3.8) is 0 Å². The summed E-state index contributed by atoms with van der Waals surface area (Å²) >= 11 is 0. The molecule has 0 aromatic rings. The van der Waals surface area contributed by atoms with Gasteiger partial charge < -0.3 is 42.6 Å². The number of methoxy groups -OCH3 is 1. The normalized spacial score (nSPS) is 11.4. The molecule has 0 heterocycles. The Hall–Kier alpha value is -0.850. The Kier molecular flexibility index (Phi) is 40.4. The van der Waals surface area contributed by atoms with Crippen molar-refractivity contribution in [3.05, 3.63) is 0 Å². The minimum Gasteiger partial charge on any atom is -0.463 e. The van der Waals surface area contributed by atoms with E-state index in [9.17, 15) is 4.79 Å². The first-order valence-corrected chi connectivity index (χ1v) is 18.0. The van der Waals surface area contributed by atoms with Gasteiger partial charge in [-0.25, -0.2) is 0 Å². The highest BCUT2D eigenvalue weighted by Crippen LogP contribution is 2.13. The molecule has 0 fully saturated rings. The van der Waals surface area contributed by atoms with Crippen LogP contribution in [0.5, 0.6) is 0 Å². The molecule has 0 aliphatic rings. The molecule has 0 unspecified atom stereocenters. The molecule has 10 nitrogen and oxygen atoms in total. The summed E-state index contributed by atoms with van der Waals surface area (Å²) in [6.45, 7) is 10.3. The molecule has 0 spiro atoms. The summed E-state index contributed by atoms with van der Waals surface area (Å²) in [6.07, 6.45) is 20.3. The largest absolute Gasteiger partial charge is 0.463 e. The zero-order valence-corrected chi connectivity index (χ0v) is 29.2. The lowest BCUT2D eigenvalue weighted by Crippen LogP contribution is -2.15. The second kappa shape index (κ2) is 41.2. The van der Waals surface area contributed by atoms with Crippen LogP contribution in [0, 0.1) is 0 Å². The van der Waals surface area contributed by atoms with Crippen molar-refractivity contribution in [3.8, 4) is 0 Å². The lowest BCUT2D eigenvalue weighted by Gasteiger charge is -2.09. The van der Waals surface area contributed by atoms with Gasteiger partial charge >= 0.3 is 5.97 Å². The number of unbranched alkanes of at least 4 members (excludes halogenated alkanes) is 14. The average Bonchev–Trinajstić information content (AvgIpc) is 3.05. The first kappa shape index (κ1) is 44.1. The number of ether oxygens (including phenoxy) is 9. The van der Waals surface area contributed by atoms with Gasteiger partial charge in [0.15, 0.2) is 0 Å². The van der Waals surface area contributed by atoms with Crippen molar-refractivity contribution in [1.82, 2.24) is 0 Å². The molecule has 0 aromatic carbocycles. The second-order valence-electron chi connectivity index (χ2n) is 11.2. The van der Waals surface area contributed by atoms with Crippen molar-refractivity contribution < 1.29 is 47.4 Å². The van der Waals surface area contributed by atoms with Crippen LogP contribution in [0.15, 0.2) is 0 Å². The third kappa shape index (κ3) is 41.1. The van der Waals surface area contributed by atoms with E-state index in [-0.39, 0.29) is 5.97 Å². The van der Waals surface area contributed by atoms with Gasteiger partial charge in [0.25, 0.3) is 0 Å². The smallest absolute Gasteiger partial charge is 0.305 e. The molecule has 0 bridgehead atoms. The Morgan fingerprint density at radius 2 is 0.622 bits per heavy atom. The van der Waals surface area contributed by atoms with Gasteiger partial charge in [-0.1, -0.05) is 96.8 Å². The highest BCUT2D eigenvalue weighted by atomic mass is 16.6. The average molecular weight is 651 g/mol. The monoisotopic (exact) mass is 650 g/mol. The Balaban J connectivity index is 3.13. The van der Waals surface area contributed by atoms with E-state index in [2.05, 4.69) is 6.92 Å².